The van der Waals surface area contributed by atoms with E-state index in [1.54, 1.807) is 7.05 Å². The third kappa shape index (κ3) is 6.26. The van der Waals surface area contributed by atoms with Crippen molar-refractivity contribution in [2.45, 2.75) is 38.8 Å². The quantitative estimate of drug-likeness (QED) is 0.557. The molecule has 0 bridgehead atoms. The maximum Gasteiger partial charge on any atom is 0.191 e. The highest BCUT2D eigenvalue weighted by Gasteiger charge is 2.21. The van der Waals surface area contributed by atoms with Crippen LogP contribution >= 0.6 is 11.6 Å². The van der Waals surface area contributed by atoms with Crippen LogP contribution in [-0.4, -0.2) is 49.8 Å². The van der Waals surface area contributed by atoms with E-state index >= 15 is 0 Å². The van der Waals surface area contributed by atoms with Gasteiger partial charge in [-0.25, -0.2) is 4.98 Å². The van der Waals surface area contributed by atoms with Crippen molar-refractivity contribution in [3.05, 3.63) is 53.2 Å². The summed E-state index contributed by atoms with van der Waals surface area (Å²) < 4.78 is 5.91. The van der Waals surface area contributed by atoms with Crippen molar-refractivity contribution in [2.24, 2.45) is 4.99 Å². The maximum absolute atomic E-state index is 6.16. The standard InChI is InChI=1S/C22H30ClN5O/c1-16-8-9-21(25-14-16)28-12-10-18(11-13-28)27-22(24-3)26-15-17(2)29-20-7-5-4-6-19(20)23/h4-9,14,17-18H,10-13,15H2,1-3H3,(H2,24,26,27). The Morgan fingerprint density at radius 2 is 2.03 bits per heavy atom. The molecule has 0 spiro atoms. The summed E-state index contributed by atoms with van der Waals surface area (Å²) in [5, 5.41) is 7.50. The van der Waals surface area contributed by atoms with Crippen molar-refractivity contribution in [3.63, 3.8) is 0 Å². The van der Waals surface area contributed by atoms with Crippen LogP contribution in [0.3, 0.4) is 0 Å². The number of para-hydroxylation sites is 1. The highest BCUT2D eigenvalue weighted by atomic mass is 35.5. The van der Waals surface area contributed by atoms with Gasteiger partial charge in [-0.05, 0) is 50.5 Å². The van der Waals surface area contributed by atoms with Crippen LogP contribution in [0.2, 0.25) is 5.02 Å². The van der Waals surface area contributed by atoms with Crippen molar-refractivity contribution in [1.29, 1.82) is 0 Å². The highest BCUT2D eigenvalue weighted by Crippen LogP contribution is 2.24. The van der Waals surface area contributed by atoms with Crippen LogP contribution in [0.25, 0.3) is 0 Å². The van der Waals surface area contributed by atoms with E-state index in [2.05, 4.69) is 44.6 Å². The smallest absolute Gasteiger partial charge is 0.191 e. The Hall–Kier alpha value is -2.47. The molecule has 2 aromatic rings. The Labute approximate surface area is 178 Å². The molecule has 1 aliphatic rings. The monoisotopic (exact) mass is 415 g/mol. The van der Waals surface area contributed by atoms with E-state index in [4.69, 9.17) is 16.3 Å². The average molecular weight is 416 g/mol. The number of aryl methyl sites for hydroxylation is 1. The van der Waals surface area contributed by atoms with Gasteiger partial charge in [-0.3, -0.25) is 4.99 Å². The Morgan fingerprint density at radius 3 is 2.69 bits per heavy atom. The van der Waals surface area contributed by atoms with E-state index in [0.29, 0.717) is 23.4 Å². The number of aromatic nitrogens is 1. The number of nitrogens with one attached hydrogen (secondary N) is 2. The molecule has 1 saturated heterocycles. The normalized spacial score (nSPS) is 16.4. The molecule has 1 fully saturated rings. The van der Waals surface area contributed by atoms with E-state index < -0.39 is 0 Å². The zero-order chi connectivity index (χ0) is 20.6. The van der Waals surface area contributed by atoms with Crippen LogP contribution in [0.15, 0.2) is 47.6 Å². The molecule has 6 nitrogen and oxygen atoms in total. The molecule has 0 saturated carbocycles. The first-order chi connectivity index (χ1) is 14.0. The Morgan fingerprint density at radius 1 is 1.28 bits per heavy atom. The lowest BCUT2D eigenvalue weighted by atomic mass is 10.1. The molecule has 1 atom stereocenters. The van der Waals surface area contributed by atoms with Crippen molar-refractivity contribution < 1.29 is 4.74 Å². The lowest BCUT2D eigenvalue weighted by molar-refractivity contribution is 0.224. The minimum Gasteiger partial charge on any atom is -0.487 e. The summed E-state index contributed by atoms with van der Waals surface area (Å²) in [5.74, 6) is 2.55. The molecule has 3 rings (SSSR count). The Kier molecular flexibility index (Phi) is 7.58. The van der Waals surface area contributed by atoms with Crippen LogP contribution in [0.5, 0.6) is 5.75 Å². The molecule has 1 aromatic heterocycles. The lowest BCUT2D eigenvalue weighted by Crippen LogP contribution is -2.50. The first-order valence-electron chi connectivity index (χ1n) is 10.1. The third-order valence-electron chi connectivity index (χ3n) is 5.00. The molecular weight excluding hydrogens is 386 g/mol. The summed E-state index contributed by atoms with van der Waals surface area (Å²) in [4.78, 5) is 11.2. The maximum atomic E-state index is 6.16. The summed E-state index contributed by atoms with van der Waals surface area (Å²) in [5.41, 5.74) is 1.19. The minimum atomic E-state index is -0.0390. The fourth-order valence-corrected chi connectivity index (χ4v) is 3.51. The van der Waals surface area contributed by atoms with Crippen LogP contribution < -0.4 is 20.3 Å². The molecule has 1 unspecified atom stereocenters. The predicted molar refractivity (Wildman–Crippen MR) is 120 cm³/mol. The Bertz CT molecular complexity index is 803. The van der Waals surface area contributed by atoms with Crippen molar-refractivity contribution in [2.75, 3.05) is 31.6 Å². The summed E-state index contributed by atoms with van der Waals surface area (Å²) in [7, 11) is 1.79. The number of halogens is 1. The lowest BCUT2D eigenvalue weighted by Gasteiger charge is -2.34. The molecular formula is C22H30ClN5O. The van der Waals surface area contributed by atoms with Crippen molar-refractivity contribution in [1.82, 2.24) is 15.6 Å². The van der Waals surface area contributed by atoms with Gasteiger partial charge in [0.15, 0.2) is 5.96 Å². The largest absolute Gasteiger partial charge is 0.487 e. The fraction of sp³-hybridized carbons (Fsp3) is 0.455. The van der Waals surface area contributed by atoms with E-state index in [1.165, 1.54) is 5.56 Å². The number of piperidine rings is 1. The van der Waals surface area contributed by atoms with Gasteiger partial charge >= 0.3 is 0 Å². The van der Waals surface area contributed by atoms with Crippen LogP contribution in [-0.2, 0) is 0 Å². The van der Waals surface area contributed by atoms with Crippen LogP contribution in [0.4, 0.5) is 5.82 Å². The topological polar surface area (TPSA) is 61.8 Å². The molecule has 2 heterocycles. The molecule has 0 amide bonds. The second-order valence-corrected chi connectivity index (χ2v) is 7.82. The molecule has 29 heavy (non-hydrogen) atoms. The van der Waals surface area contributed by atoms with Gasteiger partial charge < -0.3 is 20.3 Å². The van der Waals surface area contributed by atoms with Gasteiger partial charge in [-0.2, -0.15) is 0 Å². The number of aliphatic imine (C=N–C) groups is 1. The molecule has 1 aliphatic heterocycles. The van der Waals surface area contributed by atoms with Gasteiger partial charge in [-0.15, -0.1) is 0 Å². The summed E-state index contributed by atoms with van der Waals surface area (Å²) >= 11 is 6.16. The van der Waals surface area contributed by atoms with Gasteiger partial charge in [0, 0.05) is 32.4 Å². The summed E-state index contributed by atoms with van der Waals surface area (Å²) in [6.07, 6.45) is 3.98. The number of pyridine rings is 1. The zero-order valence-corrected chi connectivity index (χ0v) is 18.1. The fourth-order valence-electron chi connectivity index (χ4n) is 3.33. The van der Waals surface area contributed by atoms with E-state index in [1.807, 2.05) is 37.4 Å². The van der Waals surface area contributed by atoms with E-state index in [-0.39, 0.29) is 6.10 Å². The number of hydrogen-bond donors (Lipinski definition) is 2. The second-order valence-electron chi connectivity index (χ2n) is 7.41. The van der Waals surface area contributed by atoms with E-state index in [0.717, 1.165) is 37.7 Å². The Balaban J connectivity index is 1.42. The first kappa shape index (κ1) is 21.2. The second kappa shape index (κ2) is 10.3. The summed E-state index contributed by atoms with van der Waals surface area (Å²) in [6.45, 7) is 6.67. The van der Waals surface area contributed by atoms with Crippen LogP contribution in [0, 0.1) is 6.92 Å². The number of anilines is 1. The minimum absolute atomic E-state index is 0.0390. The molecule has 7 heteroatoms. The van der Waals surface area contributed by atoms with E-state index in [9.17, 15) is 0 Å². The van der Waals surface area contributed by atoms with Gasteiger partial charge in [0.2, 0.25) is 0 Å². The first-order valence-corrected chi connectivity index (χ1v) is 10.5. The number of nitrogens with zero attached hydrogens (tertiary/aromatic N) is 3. The molecule has 0 aliphatic carbocycles. The summed E-state index contributed by atoms with van der Waals surface area (Å²) in [6, 6.07) is 12.1. The highest BCUT2D eigenvalue weighted by molar-refractivity contribution is 6.32. The molecule has 1 aromatic carbocycles. The number of benzene rings is 1. The zero-order valence-electron chi connectivity index (χ0n) is 17.4. The van der Waals surface area contributed by atoms with Gasteiger partial charge in [0.05, 0.1) is 11.6 Å². The average Bonchev–Trinajstić information content (AvgIpc) is 2.74. The number of ether oxygens (including phenoxy) is 1. The van der Waals surface area contributed by atoms with Gasteiger partial charge in [0.25, 0.3) is 0 Å². The number of hydrogen-bond acceptors (Lipinski definition) is 4. The van der Waals surface area contributed by atoms with Gasteiger partial charge in [-0.1, -0.05) is 29.8 Å². The number of rotatable bonds is 6. The number of guanidine groups is 1. The van der Waals surface area contributed by atoms with Crippen LogP contribution in [0.1, 0.15) is 25.3 Å². The predicted octanol–water partition coefficient (Wildman–Crippen LogP) is 3.64. The third-order valence-corrected chi connectivity index (χ3v) is 5.31. The molecule has 2 N–H and O–H groups in total. The van der Waals surface area contributed by atoms with Gasteiger partial charge in [0.1, 0.15) is 17.7 Å². The SMILES string of the molecule is CN=C(NCC(C)Oc1ccccc1Cl)NC1CCN(c2ccc(C)cn2)CC1. The van der Waals surface area contributed by atoms with Crippen molar-refractivity contribution in [3.8, 4) is 5.75 Å². The molecule has 0 radical (unpaired) electrons. The molecule has 156 valence electrons. The van der Waals surface area contributed by atoms with Crippen molar-refractivity contribution >= 4 is 23.4 Å².